The van der Waals surface area contributed by atoms with Gasteiger partial charge in [-0.1, -0.05) is 11.6 Å². The normalized spacial score (nSPS) is 30.7. The zero-order valence-corrected chi connectivity index (χ0v) is 17.1. The van der Waals surface area contributed by atoms with E-state index in [9.17, 15) is 16.8 Å². The summed E-state index contributed by atoms with van der Waals surface area (Å²) < 4.78 is 62.4. The average Bonchev–Trinajstić information content (AvgIpc) is 3.20. The van der Waals surface area contributed by atoms with Crippen molar-refractivity contribution in [2.45, 2.75) is 34.8 Å². The smallest absolute Gasteiger partial charge is 0.183 e. The molecule has 0 amide bonds. The quantitative estimate of drug-likeness (QED) is 0.702. The van der Waals surface area contributed by atoms with Gasteiger partial charge in [0, 0.05) is 37.0 Å². The molecule has 3 saturated heterocycles. The number of benzene rings is 1. The van der Waals surface area contributed by atoms with E-state index in [-0.39, 0.29) is 16.4 Å². The van der Waals surface area contributed by atoms with Gasteiger partial charge in [0.15, 0.2) is 25.5 Å². The fourth-order valence-electron chi connectivity index (χ4n) is 4.21. The lowest BCUT2D eigenvalue weighted by atomic mass is 10.0. The van der Waals surface area contributed by atoms with E-state index in [1.165, 1.54) is 24.3 Å². The highest BCUT2D eigenvalue weighted by molar-refractivity contribution is 7.96. The van der Waals surface area contributed by atoms with Crippen LogP contribution >= 0.6 is 11.6 Å². The summed E-state index contributed by atoms with van der Waals surface area (Å²) in [5.74, 6) is -1.07. The molecule has 27 heavy (non-hydrogen) atoms. The number of sulfone groups is 2. The summed E-state index contributed by atoms with van der Waals surface area (Å²) in [4.78, 5) is 2.08. The second-order valence-corrected chi connectivity index (χ2v) is 12.1. The van der Waals surface area contributed by atoms with Gasteiger partial charge in [0.1, 0.15) is 0 Å². The lowest BCUT2D eigenvalue weighted by Crippen LogP contribution is -2.53. The van der Waals surface area contributed by atoms with Crippen molar-refractivity contribution in [2.75, 3.05) is 37.8 Å². The van der Waals surface area contributed by atoms with Crippen LogP contribution in [0.3, 0.4) is 0 Å². The molecule has 2 atom stereocenters. The molecule has 10 heteroatoms. The van der Waals surface area contributed by atoms with Gasteiger partial charge < -0.3 is 9.47 Å². The van der Waals surface area contributed by atoms with E-state index in [1.807, 2.05) is 4.90 Å². The summed E-state index contributed by atoms with van der Waals surface area (Å²) in [6.07, 6.45) is 1.22. The SMILES string of the molecule is O=S1(=O)CC(N2CCC3(CC2)OCCO3)C(S(=O)(=O)c2ccc(Cl)cc2)C1. The maximum atomic E-state index is 13.2. The molecule has 150 valence electrons. The van der Waals surface area contributed by atoms with Crippen molar-refractivity contribution in [3.05, 3.63) is 29.3 Å². The molecule has 7 nitrogen and oxygen atoms in total. The van der Waals surface area contributed by atoms with Crippen LogP contribution in [0.15, 0.2) is 29.2 Å². The van der Waals surface area contributed by atoms with Gasteiger partial charge in [-0.3, -0.25) is 4.90 Å². The Balaban J connectivity index is 1.58. The molecule has 0 bridgehead atoms. The summed E-state index contributed by atoms with van der Waals surface area (Å²) >= 11 is 5.85. The number of piperidine rings is 1. The number of nitrogens with zero attached hydrogens (tertiary/aromatic N) is 1. The van der Waals surface area contributed by atoms with Crippen molar-refractivity contribution in [1.29, 1.82) is 0 Å². The highest BCUT2D eigenvalue weighted by Crippen LogP contribution is 2.36. The summed E-state index contributed by atoms with van der Waals surface area (Å²) in [5.41, 5.74) is 0. The highest BCUT2D eigenvalue weighted by Gasteiger charge is 2.50. The molecular formula is C17H22ClNO6S2. The topological polar surface area (TPSA) is 90.0 Å². The van der Waals surface area contributed by atoms with Crippen LogP contribution in [0.2, 0.25) is 5.02 Å². The third-order valence-corrected chi connectivity index (χ3v) is 10.0. The van der Waals surface area contributed by atoms with Crippen molar-refractivity contribution in [2.24, 2.45) is 0 Å². The van der Waals surface area contributed by atoms with Crippen LogP contribution in [0, 0.1) is 0 Å². The summed E-state index contributed by atoms with van der Waals surface area (Å²) in [7, 11) is -7.22. The monoisotopic (exact) mass is 435 g/mol. The van der Waals surface area contributed by atoms with Crippen molar-refractivity contribution in [1.82, 2.24) is 4.90 Å². The van der Waals surface area contributed by atoms with E-state index in [4.69, 9.17) is 21.1 Å². The van der Waals surface area contributed by atoms with Gasteiger partial charge in [0.05, 0.1) is 34.9 Å². The van der Waals surface area contributed by atoms with E-state index >= 15 is 0 Å². The maximum Gasteiger partial charge on any atom is 0.183 e. The molecule has 3 aliphatic heterocycles. The molecule has 3 aliphatic rings. The number of hydrogen-bond donors (Lipinski definition) is 0. The minimum atomic E-state index is -3.79. The predicted octanol–water partition coefficient (Wildman–Crippen LogP) is 1.12. The first-order chi connectivity index (χ1) is 12.7. The molecule has 4 rings (SSSR count). The third kappa shape index (κ3) is 3.77. The fraction of sp³-hybridized carbons (Fsp3) is 0.647. The number of rotatable bonds is 3. The van der Waals surface area contributed by atoms with Crippen LogP contribution in [-0.2, 0) is 29.1 Å². The molecule has 3 fully saturated rings. The van der Waals surface area contributed by atoms with E-state index in [0.29, 0.717) is 44.2 Å². The highest BCUT2D eigenvalue weighted by atomic mass is 35.5. The van der Waals surface area contributed by atoms with Crippen molar-refractivity contribution >= 4 is 31.3 Å². The second-order valence-electron chi connectivity index (χ2n) is 7.33. The van der Waals surface area contributed by atoms with Gasteiger partial charge >= 0.3 is 0 Å². The average molecular weight is 436 g/mol. The van der Waals surface area contributed by atoms with E-state index in [2.05, 4.69) is 0 Å². The van der Waals surface area contributed by atoms with Gasteiger partial charge in [-0.05, 0) is 24.3 Å². The lowest BCUT2D eigenvalue weighted by Gasteiger charge is -2.41. The van der Waals surface area contributed by atoms with Gasteiger partial charge in [0.2, 0.25) is 0 Å². The van der Waals surface area contributed by atoms with Crippen molar-refractivity contribution in [3.63, 3.8) is 0 Å². The lowest BCUT2D eigenvalue weighted by molar-refractivity contribution is -0.187. The molecule has 1 spiro atoms. The summed E-state index contributed by atoms with van der Waals surface area (Å²) in [6.45, 7) is 2.22. The minimum Gasteiger partial charge on any atom is -0.347 e. The van der Waals surface area contributed by atoms with E-state index < -0.39 is 36.8 Å². The van der Waals surface area contributed by atoms with Gasteiger partial charge in [-0.25, -0.2) is 16.8 Å². The Morgan fingerprint density at radius 2 is 1.63 bits per heavy atom. The molecule has 0 N–H and O–H groups in total. The number of hydrogen-bond acceptors (Lipinski definition) is 7. The first kappa shape index (κ1) is 19.6. The Kier molecular flexibility index (Phi) is 5.05. The minimum absolute atomic E-state index is 0.106. The molecule has 1 aromatic carbocycles. The zero-order valence-electron chi connectivity index (χ0n) is 14.7. The van der Waals surface area contributed by atoms with Crippen LogP contribution in [0.4, 0.5) is 0 Å². The number of likely N-dealkylation sites (tertiary alicyclic amines) is 1. The Bertz CT molecular complexity index is 899. The largest absolute Gasteiger partial charge is 0.347 e. The summed E-state index contributed by atoms with van der Waals surface area (Å²) in [6, 6.07) is 5.32. The molecule has 3 heterocycles. The van der Waals surface area contributed by atoms with Crippen LogP contribution in [0.5, 0.6) is 0 Å². The molecule has 0 aliphatic carbocycles. The van der Waals surface area contributed by atoms with Gasteiger partial charge in [-0.15, -0.1) is 0 Å². The molecule has 1 aromatic rings. The standard InChI is InChI=1S/C17H22ClNO6S2/c18-13-1-3-14(4-2-13)27(22,23)16-12-26(20,21)11-15(16)19-7-5-17(6-8-19)24-9-10-25-17/h1-4,15-16H,5-12H2. The van der Waals surface area contributed by atoms with Crippen LogP contribution in [0.25, 0.3) is 0 Å². The predicted molar refractivity (Wildman–Crippen MR) is 100 cm³/mol. The third-order valence-electron chi connectivity index (χ3n) is 5.66. The molecule has 0 aromatic heterocycles. The molecule has 2 unspecified atom stereocenters. The van der Waals surface area contributed by atoms with Crippen LogP contribution < -0.4 is 0 Å². The van der Waals surface area contributed by atoms with Gasteiger partial charge in [0.25, 0.3) is 0 Å². The number of halogens is 1. The Labute approximate surface area is 164 Å². The molecule has 0 saturated carbocycles. The fourth-order valence-corrected chi connectivity index (χ4v) is 9.17. The van der Waals surface area contributed by atoms with Crippen LogP contribution in [-0.4, -0.2) is 76.6 Å². The van der Waals surface area contributed by atoms with Crippen LogP contribution in [0.1, 0.15) is 12.8 Å². The Morgan fingerprint density at radius 1 is 1.04 bits per heavy atom. The van der Waals surface area contributed by atoms with Gasteiger partial charge in [-0.2, -0.15) is 0 Å². The van der Waals surface area contributed by atoms with Crippen molar-refractivity contribution < 1.29 is 26.3 Å². The Morgan fingerprint density at radius 3 is 2.22 bits per heavy atom. The zero-order chi connectivity index (χ0) is 19.3. The number of ether oxygens (including phenoxy) is 2. The first-order valence-corrected chi connectivity index (χ1v) is 12.7. The summed E-state index contributed by atoms with van der Waals surface area (Å²) in [5, 5.41) is -0.550. The van der Waals surface area contributed by atoms with E-state index in [0.717, 1.165) is 0 Å². The van der Waals surface area contributed by atoms with Crippen molar-refractivity contribution in [3.8, 4) is 0 Å². The second kappa shape index (κ2) is 6.96. The molecule has 0 radical (unpaired) electrons. The molecular weight excluding hydrogens is 414 g/mol. The van der Waals surface area contributed by atoms with E-state index in [1.54, 1.807) is 0 Å². The maximum absolute atomic E-state index is 13.2. The Hall–Kier alpha value is -0.710. The first-order valence-electron chi connectivity index (χ1n) is 8.93.